The van der Waals surface area contributed by atoms with Crippen LogP contribution in [-0.2, 0) is 0 Å². The maximum absolute atomic E-state index is 4.81. The lowest BCUT2D eigenvalue weighted by molar-refractivity contribution is 0.271. The van der Waals surface area contributed by atoms with Crippen LogP contribution in [0, 0.1) is 6.92 Å². The van der Waals surface area contributed by atoms with Gasteiger partial charge in [-0.05, 0) is 69.3 Å². The summed E-state index contributed by atoms with van der Waals surface area (Å²) in [6, 6.07) is 2.98. The number of pyridine rings is 1. The van der Waals surface area contributed by atoms with Crippen LogP contribution in [0.15, 0.2) is 12.3 Å². The van der Waals surface area contributed by atoms with Crippen LogP contribution in [0.4, 0.5) is 5.82 Å². The number of hydrogen-bond donors (Lipinski definition) is 0. The summed E-state index contributed by atoms with van der Waals surface area (Å²) in [7, 11) is 0. The summed E-state index contributed by atoms with van der Waals surface area (Å²) in [6.45, 7) is 9.24. The van der Waals surface area contributed by atoms with Crippen molar-refractivity contribution >= 4 is 5.82 Å². The SMILES string of the molecule is CCN1CCC[C@@H]1c1cnc(N2CCCCC2)c(C)c1. The lowest BCUT2D eigenvalue weighted by atomic mass is 10.0. The van der Waals surface area contributed by atoms with Gasteiger partial charge in [-0.15, -0.1) is 0 Å². The number of nitrogens with zero attached hydrogens (tertiary/aromatic N) is 3. The Hall–Kier alpha value is -1.09. The molecule has 20 heavy (non-hydrogen) atoms. The predicted octanol–water partition coefficient (Wildman–Crippen LogP) is 3.54. The molecular formula is C17H27N3. The van der Waals surface area contributed by atoms with Crippen molar-refractivity contribution in [1.82, 2.24) is 9.88 Å². The van der Waals surface area contributed by atoms with Crippen LogP contribution in [0.3, 0.4) is 0 Å². The van der Waals surface area contributed by atoms with Gasteiger partial charge >= 0.3 is 0 Å². The molecule has 0 saturated carbocycles. The number of hydrogen-bond acceptors (Lipinski definition) is 3. The van der Waals surface area contributed by atoms with Crippen molar-refractivity contribution in [3.8, 4) is 0 Å². The van der Waals surface area contributed by atoms with Crippen LogP contribution < -0.4 is 4.90 Å². The summed E-state index contributed by atoms with van der Waals surface area (Å²) in [5.41, 5.74) is 2.77. The average molecular weight is 273 g/mol. The third-order valence-corrected chi connectivity index (χ3v) is 4.88. The molecule has 1 aromatic rings. The standard InChI is InChI=1S/C17H27N3/c1-3-19-11-7-8-16(19)15-12-14(2)17(18-13-15)20-9-5-4-6-10-20/h12-13,16H,3-11H2,1-2H3/t16-/m1/s1. The fraction of sp³-hybridized carbons (Fsp3) is 0.706. The number of anilines is 1. The fourth-order valence-electron chi connectivity index (χ4n) is 3.79. The Morgan fingerprint density at radius 1 is 1.15 bits per heavy atom. The molecule has 0 N–H and O–H groups in total. The van der Waals surface area contributed by atoms with E-state index >= 15 is 0 Å². The van der Waals surface area contributed by atoms with Gasteiger partial charge in [-0.1, -0.05) is 6.92 Å². The van der Waals surface area contributed by atoms with Crippen LogP contribution in [0.5, 0.6) is 0 Å². The molecule has 3 rings (SSSR count). The predicted molar refractivity (Wildman–Crippen MR) is 84.3 cm³/mol. The van der Waals surface area contributed by atoms with Crippen LogP contribution in [-0.4, -0.2) is 36.1 Å². The first-order chi connectivity index (χ1) is 9.79. The molecule has 2 aliphatic heterocycles. The number of rotatable bonds is 3. The van der Waals surface area contributed by atoms with Crippen molar-refractivity contribution in [1.29, 1.82) is 0 Å². The first-order valence-electron chi connectivity index (χ1n) is 8.25. The zero-order chi connectivity index (χ0) is 13.9. The molecule has 2 aliphatic rings. The fourth-order valence-corrected chi connectivity index (χ4v) is 3.79. The molecule has 0 bridgehead atoms. The number of piperidine rings is 1. The summed E-state index contributed by atoms with van der Waals surface area (Å²) < 4.78 is 0. The van der Waals surface area contributed by atoms with E-state index in [1.54, 1.807) is 0 Å². The second-order valence-electron chi connectivity index (χ2n) is 6.24. The Kier molecular flexibility index (Phi) is 4.25. The van der Waals surface area contributed by atoms with E-state index in [9.17, 15) is 0 Å². The number of likely N-dealkylation sites (tertiary alicyclic amines) is 1. The smallest absolute Gasteiger partial charge is 0.131 e. The minimum absolute atomic E-state index is 0.599. The molecule has 0 unspecified atom stereocenters. The summed E-state index contributed by atoms with van der Waals surface area (Å²) in [6.07, 6.45) is 8.75. The molecule has 0 amide bonds. The molecule has 0 radical (unpaired) electrons. The molecule has 2 saturated heterocycles. The molecule has 0 spiro atoms. The highest BCUT2D eigenvalue weighted by Gasteiger charge is 2.25. The topological polar surface area (TPSA) is 19.4 Å². The van der Waals surface area contributed by atoms with Gasteiger partial charge in [-0.2, -0.15) is 0 Å². The van der Waals surface area contributed by atoms with Gasteiger partial charge in [0.05, 0.1) is 0 Å². The Morgan fingerprint density at radius 2 is 1.95 bits per heavy atom. The van der Waals surface area contributed by atoms with Gasteiger partial charge in [0.2, 0.25) is 0 Å². The minimum atomic E-state index is 0.599. The van der Waals surface area contributed by atoms with Gasteiger partial charge in [-0.3, -0.25) is 4.90 Å². The maximum atomic E-state index is 4.81. The van der Waals surface area contributed by atoms with Crippen molar-refractivity contribution in [2.24, 2.45) is 0 Å². The van der Waals surface area contributed by atoms with Gasteiger partial charge in [0.25, 0.3) is 0 Å². The molecule has 3 heteroatoms. The van der Waals surface area contributed by atoms with E-state index in [1.807, 2.05) is 0 Å². The highest BCUT2D eigenvalue weighted by atomic mass is 15.2. The van der Waals surface area contributed by atoms with E-state index in [0.29, 0.717) is 6.04 Å². The van der Waals surface area contributed by atoms with Crippen molar-refractivity contribution in [2.75, 3.05) is 31.1 Å². The van der Waals surface area contributed by atoms with Crippen LogP contribution in [0.1, 0.15) is 56.2 Å². The number of aryl methyl sites for hydroxylation is 1. The largest absolute Gasteiger partial charge is 0.356 e. The Labute approximate surface area is 123 Å². The van der Waals surface area contributed by atoms with Crippen molar-refractivity contribution in [3.05, 3.63) is 23.4 Å². The molecule has 1 atom stereocenters. The van der Waals surface area contributed by atoms with Crippen molar-refractivity contribution in [3.63, 3.8) is 0 Å². The Bertz CT molecular complexity index is 452. The molecule has 3 heterocycles. The maximum Gasteiger partial charge on any atom is 0.131 e. The van der Waals surface area contributed by atoms with Gasteiger partial charge in [0, 0.05) is 25.3 Å². The second-order valence-corrected chi connectivity index (χ2v) is 6.24. The van der Waals surface area contributed by atoms with Crippen LogP contribution in [0.25, 0.3) is 0 Å². The summed E-state index contributed by atoms with van der Waals surface area (Å²) in [5, 5.41) is 0. The van der Waals surface area contributed by atoms with E-state index in [4.69, 9.17) is 4.98 Å². The van der Waals surface area contributed by atoms with Crippen molar-refractivity contribution in [2.45, 2.75) is 52.0 Å². The average Bonchev–Trinajstić information content (AvgIpc) is 2.96. The van der Waals surface area contributed by atoms with Crippen LogP contribution >= 0.6 is 0 Å². The first-order valence-corrected chi connectivity index (χ1v) is 8.25. The highest BCUT2D eigenvalue weighted by Crippen LogP contribution is 2.33. The molecule has 0 aliphatic carbocycles. The summed E-state index contributed by atoms with van der Waals surface area (Å²) >= 11 is 0. The molecule has 1 aromatic heterocycles. The zero-order valence-corrected chi connectivity index (χ0v) is 12.9. The van der Waals surface area contributed by atoms with E-state index in [1.165, 1.54) is 68.7 Å². The van der Waals surface area contributed by atoms with E-state index in [2.05, 4.69) is 35.9 Å². The molecule has 2 fully saturated rings. The zero-order valence-electron chi connectivity index (χ0n) is 12.9. The Morgan fingerprint density at radius 3 is 2.65 bits per heavy atom. The van der Waals surface area contributed by atoms with E-state index in [0.717, 1.165) is 6.54 Å². The Balaban J connectivity index is 1.80. The summed E-state index contributed by atoms with van der Waals surface area (Å²) in [5.74, 6) is 1.22. The van der Waals surface area contributed by atoms with E-state index < -0.39 is 0 Å². The highest BCUT2D eigenvalue weighted by molar-refractivity contribution is 5.48. The molecule has 0 aromatic carbocycles. The van der Waals surface area contributed by atoms with Gasteiger partial charge < -0.3 is 4.90 Å². The monoisotopic (exact) mass is 273 g/mol. The first kappa shape index (κ1) is 13.9. The molecular weight excluding hydrogens is 246 g/mol. The normalized spacial score (nSPS) is 24.3. The third-order valence-electron chi connectivity index (χ3n) is 4.88. The van der Waals surface area contributed by atoms with Gasteiger partial charge in [0.1, 0.15) is 5.82 Å². The minimum Gasteiger partial charge on any atom is -0.356 e. The second kappa shape index (κ2) is 6.13. The van der Waals surface area contributed by atoms with Crippen molar-refractivity contribution < 1.29 is 0 Å². The quantitative estimate of drug-likeness (QED) is 0.839. The number of aromatic nitrogens is 1. The van der Waals surface area contributed by atoms with Gasteiger partial charge in [-0.25, -0.2) is 4.98 Å². The lowest BCUT2D eigenvalue weighted by Crippen LogP contribution is -2.31. The van der Waals surface area contributed by atoms with Gasteiger partial charge in [0.15, 0.2) is 0 Å². The molecule has 3 nitrogen and oxygen atoms in total. The lowest BCUT2D eigenvalue weighted by Gasteiger charge is -2.30. The molecule has 110 valence electrons. The summed E-state index contributed by atoms with van der Waals surface area (Å²) in [4.78, 5) is 9.86. The van der Waals surface area contributed by atoms with E-state index in [-0.39, 0.29) is 0 Å². The third kappa shape index (κ3) is 2.69. The van der Waals surface area contributed by atoms with Crippen LogP contribution in [0.2, 0.25) is 0 Å².